The van der Waals surface area contributed by atoms with E-state index in [1.165, 1.54) is 12.3 Å². The summed E-state index contributed by atoms with van der Waals surface area (Å²) in [6.45, 7) is 1.77. The number of carbonyl (C=O) groups excluding carboxylic acids is 2. The van der Waals surface area contributed by atoms with E-state index in [4.69, 9.17) is 10.5 Å². The lowest BCUT2D eigenvalue weighted by Crippen LogP contribution is -2.14. The second-order valence-corrected chi connectivity index (χ2v) is 11.8. The van der Waals surface area contributed by atoms with E-state index in [0.717, 1.165) is 23.0 Å². The molecule has 0 fully saturated rings. The first-order valence-corrected chi connectivity index (χ1v) is 14.7. The summed E-state index contributed by atoms with van der Waals surface area (Å²) in [5.41, 5.74) is 10.8. The van der Waals surface area contributed by atoms with Crippen LogP contribution in [0.4, 0.5) is 11.4 Å². The molecule has 212 valence electrons. The quantitative estimate of drug-likeness (QED) is 0.193. The predicted octanol–water partition coefficient (Wildman–Crippen LogP) is 6.03. The van der Waals surface area contributed by atoms with Gasteiger partial charge in [0.1, 0.15) is 12.0 Å². The zero-order chi connectivity index (χ0) is 29.9. The third-order valence-electron chi connectivity index (χ3n) is 7.05. The van der Waals surface area contributed by atoms with Crippen LogP contribution in [0.3, 0.4) is 0 Å². The van der Waals surface area contributed by atoms with Gasteiger partial charge in [0.15, 0.2) is 0 Å². The van der Waals surface area contributed by atoms with Crippen LogP contribution in [0, 0.1) is 6.92 Å². The SMILES string of the molecule is COc1cccc(Nc2c(C(N)=O)cnc3c(C)cc(S(=O)(=O)c4ccc(-c5ccc(CCC=O)cc5)cc4)cc23)c1. The molecule has 4 aromatic carbocycles. The van der Waals surface area contributed by atoms with Crippen LogP contribution in [-0.4, -0.2) is 32.7 Å². The number of carbonyl (C=O) groups is 2. The zero-order valence-corrected chi connectivity index (χ0v) is 23.9. The van der Waals surface area contributed by atoms with E-state index in [1.807, 2.05) is 24.3 Å². The van der Waals surface area contributed by atoms with Gasteiger partial charge in [-0.1, -0.05) is 42.5 Å². The van der Waals surface area contributed by atoms with Gasteiger partial charge in [0.25, 0.3) is 5.91 Å². The van der Waals surface area contributed by atoms with Gasteiger partial charge in [0, 0.05) is 29.8 Å². The number of amides is 1. The Morgan fingerprint density at radius 3 is 2.29 bits per heavy atom. The van der Waals surface area contributed by atoms with E-state index in [2.05, 4.69) is 10.3 Å². The van der Waals surface area contributed by atoms with Crippen molar-refractivity contribution in [2.75, 3.05) is 12.4 Å². The van der Waals surface area contributed by atoms with Crippen LogP contribution in [0.1, 0.15) is 27.9 Å². The fraction of sp³-hybridized carbons (Fsp3) is 0.121. The molecule has 0 saturated carbocycles. The monoisotopic (exact) mass is 579 g/mol. The third-order valence-corrected chi connectivity index (χ3v) is 8.80. The Labute approximate surface area is 244 Å². The van der Waals surface area contributed by atoms with Crippen molar-refractivity contribution in [3.8, 4) is 16.9 Å². The Morgan fingerprint density at radius 2 is 1.64 bits per heavy atom. The van der Waals surface area contributed by atoms with Crippen molar-refractivity contribution in [3.63, 3.8) is 0 Å². The molecule has 8 nitrogen and oxygen atoms in total. The summed E-state index contributed by atoms with van der Waals surface area (Å²) in [5, 5.41) is 3.67. The molecule has 0 spiro atoms. The minimum Gasteiger partial charge on any atom is -0.497 e. The normalized spacial score (nSPS) is 11.3. The number of fused-ring (bicyclic) bond motifs is 1. The maximum atomic E-state index is 13.8. The second-order valence-electron chi connectivity index (χ2n) is 9.83. The molecule has 3 N–H and O–H groups in total. The van der Waals surface area contributed by atoms with Crippen LogP contribution in [0.25, 0.3) is 22.0 Å². The van der Waals surface area contributed by atoms with Crippen molar-refractivity contribution in [2.24, 2.45) is 5.73 Å². The summed E-state index contributed by atoms with van der Waals surface area (Å²) in [5.74, 6) is -0.0937. The Hall–Kier alpha value is -5.02. The van der Waals surface area contributed by atoms with Crippen LogP contribution >= 0.6 is 0 Å². The fourth-order valence-corrected chi connectivity index (χ4v) is 6.19. The van der Waals surface area contributed by atoms with E-state index in [1.54, 1.807) is 68.6 Å². The number of benzene rings is 4. The van der Waals surface area contributed by atoms with Gasteiger partial charge >= 0.3 is 0 Å². The Kier molecular flexibility index (Phi) is 8.04. The lowest BCUT2D eigenvalue weighted by atomic mass is 10.0. The number of aldehydes is 1. The van der Waals surface area contributed by atoms with Gasteiger partial charge in [0.05, 0.1) is 33.7 Å². The van der Waals surface area contributed by atoms with Crippen molar-refractivity contribution in [3.05, 3.63) is 108 Å². The number of nitrogens with two attached hydrogens (primary N) is 1. The third kappa shape index (κ3) is 5.73. The molecule has 0 radical (unpaired) electrons. The number of ether oxygens (including phenoxy) is 1. The molecule has 0 aliphatic rings. The second kappa shape index (κ2) is 11.8. The lowest BCUT2D eigenvalue weighted by Gasteiger charge is -2.16. The van der Waals surface area contributed by atoms with Gasteiger partial charge < -0.3 is 20.6 Å². The number of nitrogens with one attached hydrogen (secondary N) is 1. The number of sulfone groups is 1. The maximum Gasteiger partial charge on any atom is 0.252 e. The molecule has 1 aromatic heterocycles. The van der Waals surface area contributed by atoms with Gasteiger partial charge in [-0.15, -0.1) is 0 Å². The number of aryl methyl sites for hydroxylation is 2. The average Bonchev–Trinajstić information content (AvgIpc) is 3.00. The van der Waals surface area contributed by atoms with Crippen LogP contribution in [0.2, 0.25) is 0 Å². The molecule has 0 atom stereocenters. The van der Waals surface area contributed by atoms with E-state index in [9.17, 15) is 18.0 Å². The zero-order valence-electron chi connectivity index (χ0n) is 23.1. The van der Waals surface area contributed by atoms with Crippen molar-refractivity contribution in [1.29, 1.82) is 0 Å². The first-order chi connectivity index (χ1) is 20.2. The van der Waals surface area contributed by atoms with Gasteiger partial charge in [-0.2, -0.15) is 0 Å². The van der Waals surface area contributed by atoms with Crippen molar-refractivity contribution >= 4 is 44.3 Å². The molecular weight excluding hydrogens is 550 g/mol. The number of rotatable bonds is 10. The largest absolute Gasteiger partial charge is 0.497 e. The smallest absolute Gasteiger partial charge is 0.252 e. The van der Waals surface area contributed by atoms with Crippen LogP contribution in [0.5, 0.6) is 5.75 Å². The van der Waals surface area contributed by atoms with E-state index >= 15 is 0 Å². The van der Waals surface area contributed by atoms with Crippen molar-refractivity contribution in [1.82, 2.24) is 4.98 Å². The van der Waals surface area contributed by atoms with E-state index < -0.39 is 15.7 Å². The Balaban J connectivity index is 1.54. The highest BCUT2D eigenvalue weighted by atomic mass is 32.2. The molecule has 5 aromatic rings. The topological polar surface area (TPSA) is 128 Å². The summed E-state index contributed by atoms with van der Waals surface area (Å²) in [6.07, 6.45) is 3.44. The predicted molar refractivity (Wildman–Crippen MR) is 163 cm³/mol. The van der Waals surface area contributed by atoms with Crippen molar-refractivity contribution < 1.29 is 22.7 Å². The highest BCUT2D eigenvalue weighted by molar-refractivity contribution is 7.91. The summed E-state index contributed by atoms with van der Waals surface area (Å²) in [6, 6.07) is 24.8. The van der Waals surface area contributed by atoms with E-state index in [0.29, 0.717) is 46.4 Å². The van der Waals surface area contributed by atoms with Crippen LogP contribution < -0.4 is 15.8 Å². The summed E-state index contributed by atoms with van der Waals surface area (Å²) in [4.78, 5) is 27.6. The molecule has 9 heteroatoms. The molecule has 0 bridgehead atoms. The lowest BCUT2D eigenvalue weighted by molar-refractivity contribution is -0.107. The standard InChI is InChI=1S/C33H29N3O5S/c1-21-17-28(42(39,40)27-14-12-24(13-15-27)23-10-8-22(9-11-23)5-4-16-37)19-29-31(21)35-20-30(33(34)38)32(29)36-25-6-3-7-26(18-25)41-2/h3,6-20H,4-5H2,1-2H3,(H2,34,38)(H,35,36). The highest BCUT2D eigenvalue weighted by Crippen LogP contribution is 2.35. The number of hydrogen-bond acceptors (Lipinski definition) is 7. The number of primary amides is 1. The molecule has 42 heavy (non-hydrogen) atoms. The van der Waals surface area contributed by atoms with E-state index in [-0.39, 0.29) is 15.4 Å². The highest BCUT2D eigenvalue weighted by Gasteiger charge is 2.22. The van der Waals surface area contributed by atoms with Gasteiger partial charge in [-0.3, -0.25) is 9.78 Å². The molecule has 0 aliphatic heterocycles. The minimum absolute atomic E-state index is 0.0666. The Morgan fingerprint density at radius 1 is 0.952 bits per heavy atom. The molecule has 1 amide bonds. The van der Waals surface area contributed by atoms with Gasteiger partial charge in [0.2, 0.25) is 9.84 Å². The van der Waals surface area contributed by atoms with Gasteiger partial charge in [-0.05, 0) is 72.0 Å². The fourth-order valence-electron chi connectivity index (χ4n) is 4.82. The summed E-state index contributed by atoms with van der Waals surface area (Å²) >= 11 is 0. The first kappa shape index (κ1) is 28.5. The molecular formula is C33H29N3O5S. The molecule has 5 rings (SSSR count). The Bertz CT molecular complexity index is 1900. The molecule has 1 heterocycles. The maximum absolute atomic E-state index is 13.8. The van der Waals surface area contributed by atoms with Crippen LogP contribution in [-0.2, 0) is 21.1 Å². The minimum atomic E-state index is -3.93. The first-order valence-electron chi connectivity index (χ1n) is 13.2. The number of anilines is 2. The molecule has 0 saturated heterocycles. The van der Waals surface area contributed by atoms with Crippen molar-refractivity contribution in [2.45, 2.75) is 29.6 Å². The molecule has 0 aliphatic carbocycles. The van der Waals surface area contributed by atoms with Crippen LogP contribution in [0.15, 0.2) is 101 Å². The number of pyridine rings is 1. The number of nitrogens with zero attached hydrogens (tertiary/aromatic N) is 1. The number of aromatic nitrogens is 1. The molecule has 0 unspecified atom stereocenters. The van der Waals surface area contributed by atoms with Gasteiger partial charge in [-0.25, -0.2) is 8.42 Å². The summed E-state index contributed by atoms with van der Waals surface area (Å²) < 4.78 is 32.9. The summed E-state index contributed by atoms with van der Waals surface area (Å²) in [7, 11) is -2.38. The number of hydrogen-bond donors (Lipinski definition) is 2. The average molecular weight is 580 g/mol. The number of methoxy groups -OCH3 is 1.